The Bertz CT molecular complexity index is 589. The van der Waals surface area contributed by atoms with E-state index in [-0.39, 0.29) is 16.2 Å². The summed E-state index contributed by atoms with van der Waals surface area (Å²) in [6.45, 7) is 2.90. The third-order valence-corrected chi connectivity index (χ3v) is 5.96. The van der Waals surface area contributed by atoms with Crippen LogP contribution in [-0.2, 0) is 14.8 Å². The highest BCUT2D eigenvalue weighted by Gasteiger charge is 2.21. The van der Waals surface area contributed by atoms with E-state index < -0.39 is 10.0 Å². The maximum absolute atomic E-state index is 12.0. The Balaban J connectivity index is 1.94. The van der Waals surface area contributed by atoms with E-state index in [2.05, 4.69) is 5.32 Å². The van der Waals surface area contributed by atoms with E-state index in [0.29, 0.717) is 17.7 Å². The maximum Gasteiger partial charge on any atom is 0.252 e. The minimum absolute atomic E-state index is 0.0433. The number of nitrogens with two attached hydrogens (primary N) is 1. The number of primary sulfonamides is 1. The molecule has 6 nitrogen and oxygen atoms in total. The van der Waals surface area contributed by atoms with Gasteiger partial charge in [0, 0.05) is 18.5 Å². The van der Waals surface area contributed by atoms with Crippen molar-refractivity contribution >= 4 is 27.3 Å². The summed E-state index contributed by atoms with van der Waals surface area (Å²) < 4.78 is 28.1. The highest BCUT2D eigenvalue weighted by atomic mass is 32.2. The van der Waals surface area contributed by atoms with Crippen molar-refractivity contribution < 1.29 is 17.9 Å². The van der Waals surface area contributed by atoms with Gasteiger partial charge in [0.05, 0.1) is 11.7 Å². The van der Waals surface area contributed by atoms with Crippen molar-refractivity contribution in [3.05, 3.63) is 16.5 Å². The molecule has 1 atom stereocenters. The second kappa shape index (κ2) is 6.21. The number of hydrogen-bond donors (Lipinski definition) is 2. The molecule has 8 heteroatoms. The van der Waals surface area contributed by atoms with Crippen LogP contribution in [-0.4, -0.2) is 33.6 Å². The average Bonchev–Trinajstić information content (AvgIpc) is 2.97. The van der Waals surface area contributed by atoms with Crippen LogP contribution in [0.5, 0.6) is 0 Å². The lowest BCUT2D eigenvalue weighted by Gasteiger charge is -2.10. The third kappa shape index (κ3) is 3.57. The number of rotatable bonds is 5. The van der Waals surface area contributed by atoms with Crippen molar-refractivity contribution in [1.29, 1.82) is 0 Å². The minimum Gasteiger partial charge on any atom is -0.378 e. The molecule has 0 radical (unpaired) electrons. The van der Waals surface area contributed by atoms with Crippen LogP contribution in [0.25, 0.3) is 0 Å². The first-order chi connectivity index (χ1) is 9.39. The van der Waals surface area contributed by atoms with Gasteiger partial charge in [0.15, 0.2) is 0 Å². The number of hydrogen-bond acceptors (Lipinski definition) is 5. The van der Waals surface area contributed by atoms with Gasteiger partial charge in [-0.25, -0.2) is 13.6 Å². The molecule has 0 spiro atoms. The van der Waals surface area contributed by atoms with Gasteiger partial charge in [-0.1, -0.05) is 0 Å². The van der Waals surface area contributed by atoms with Crippen molar-refractivity contribution in [1.82, 2.24) is 5.32 Å². The molecule has 2 heterocycles. The molecule has 1 aliphatic heterocycles. The summed E-state index contributed by atoms with van der Waals surface area (Å²) in [6.07, 6.45) is 3.10. The van der Waals surface area contributed by atoms with Gasteiger partial charge in [-0.15, -0.1) is 11.3 Å². The molecule has 1 fully saturated rings. The van der Waals surface area contributed by atoms with Crippen LogP contribution in [0.15, 0.2) is 9.59 Å². The van der Waals surface area contributed by atoms with Crippen LogP contribution in [0.3, 0.4) is 0 Å². The smallest absolute Gasteiger partial charge is 0.252 e. The Hall–Kier alpha value is -0.960. The molecular formula is C12H18N2O4S2. The summed E-state index contributed by atoms with van der Waals surface area (Å²) in [7, 11) is -3.76. The van der Waals surface area contributed by atoms with E-state index in [4.69, 9.17) is 9.88 Å². The number of sulfonamides is 1. The van der Waals surface area contributed by atoms with Gasteiger partial charge in [-0.05, 0) is 31.7 Å². The van der Waals surface area contributed by atoms with Crippen LogP contribution in [0.1, 0.15) is 35.2 Å². The molecule has 0 aromatic carbocycles. The van der Waals surface area contributed by atoms with E-state index in [1.54, 1.807) is 6.92 Å². The molecule has 112 valence electrons. The molecule has 0 aliphatic carbocycles. The van der Waals surface area contributed by atoms with Gasteiger partial charge in [-0.3, -0.25) is 4.79 Å². The molecule has 3 N–H and O–H groups in total. The summed E-state index contributed by atoms with van der Waals surface area (Å²) >= 11 is 0.972. The number of nitrogens with one attached hydrogen (secondary N) is 1. The van der Waals surface area contributed by atoms with E-state index in [0.717, 1.165) is 37.2 Å². The normalized spacial score (nSPS) is 19.2. The molecule has 1 saturated heterocycles. The number of amides is 1. The lowest BCUT2D eigenvalue weighted by molar-refractivity contribution is 0.0907. The lowest BCUT2D eigenvalue weighted by atomic mass is 10.1. The van der Waals surface area contributed by atoms with Crippen molar-refractivity contribution in [3.8, 4) is 0 Å². The van der Waals surface area contributed by atoms with Crippen molar-refractivity contribution in [2.75, 3.05) is 13.2 Å². The number of carbonyl (C=O) groups excluding carboxylic acids is 1. The van der Waals surface area contributed by atoms with E-state index in [1.807, 2.05) is 0 Å². The largest absolute Gasteiger partial charge is 0.378 e. The first kappa shape index (κ1) is 15.4. The Morgan fingerprint density at radius 1 is 1.60 bits per heavy atom. The standard InChI is InChI=1S/C12H18N2O4S2/c1-8-10(7-19-12(8)20(13,16)17)11(15)14-5-4-9-3-2-6-18-9/h7,9H,2-6H2,1H3,(H,14,15)(H2,13,16,17). The van der Waals surface area contributed by atoms with Crippen LogP contribution in [0.2, 0.25) is 0 Å². The Labute approximate surface area is 122 Å². The molecule has 2 rings (SSSR count). The molecule has 1 amide bonds. The second-order valence-corrected chi connectivity index (χ2v) is 7.42. The van der Waals surface area contributed by atoms with E-state index >= 15 is 0 Å². The third-order valence-electron chi connectivity index (χ3n) is 3.27. The Morgan fingerprint density at radius 3 is 2.90 bits per heavy atom. The number of thiophene rings is 1. The zero-order chi connectivity index (χ0) is 14.8. The molecular weight excluding hydrogens is 300 g/mol. The summed E-state index contributed by atoms with van der Waals surface area (Å²) in [5.74, 6) is -0.272. The molecule has 1 aliphatic rings. The van der Waals surface area contributed by atoms with Gasteiger partial charge >= 0.3 is 0 Å². The van der Waals surface area contributed by atoms with Crippen LogP contribution >= 0.6 is 11.3 Å². The second-order valence-electron chi connectivity index (χ2n) is 4.79. The van der Waals surface area contributed by atoms with Gasteiger partial charge in [0.25, 0.3) is 5.91 Å². The highest BCUT2D eigenvalue weighted by molar-refractivity contribution is 7.91. The zero-order valence-corrected chi connectivity index (χ0v) is 12.9. The van der Waals surface area contributed by atoms with Crippen molar-refractivity contribution in [2.24, 2.45) is 5.14 Å². The molecule has 0 saturated carbocycles. The van der Waals surface area contributed by atoms with Crippen molar-refractivity contribution in [2.45, 2.75) is 36.5 Å². The summed E-state index contributed by atoms with van der Waals surface area (Å²) in [5.41, 5.74) is 0.776. The highest BCUT2D eigenvalue weighted by Crippen LogP contribution is 2.25. The first-order valence-electron chi connectivity index (χ1n) is 6.40. The summed E-state index contributed by atoms with van der Waals surface area (Å²) in [4.78, 5) is 12.0. The quantitative estimate of drug-likeness (QED) is 0.846. The van der Waals surface area contributed by atoms with Gasteiger partial charge < -0.3 is 10.1 Å². The Kier molecular flexibility index (Phi) is 4.79. The Morgan fingerprint density at radius 2 is 2.35 bits per heavy atom. The van der Waals surface area contributed by atoms with E-state index in [1.165, 1.54) is 5.38 Å². The fraction of sp³-hybridized carbons (Fsp3) is 0.583. The molecule has 1 aromatic heterocycles. The van der Waals surface area contributed by atoms with Crippen LogP contribution < -0.4 is 10.5 Å². The zero-order valence-electron chi connectivity index (χ0n) is 11.2. The lowest BCUT2D eigenvalue weighted by Crippen LogP contribution is -2.27. The fourth-order valence-electron chi connectivity index (χ4n) is 2.22. The van der Waals surface area contributed by atoms with Crippen LogP contribution in [0.4, 0.5) is 0 Å². The predicted molar refractivity (Wildman–Crippen MR) is 76.4 cm³/mol. The number of carbonyl (C=O) groups is 1. The molecule has 0 bridgehead atoms. The topological polar surface area (TPSA) is 98.5 Å². The maximum atomic E-state index is 12.0. The number of ether oxygens (including phenoxy) is 1. The minimum atomic E-state index is -3.76. The molecule has 20 heavy (non-hydrogen) atoms. The fourth-order valence-corrected chi connectivity index (χ4v) is 4.23. The van der Waals surface area contributed by atoms with Gasteiger partial charge in [-0.2, -0.15) is 0 Å². The first-order valence-corrected chi connectivity index (χ1v) is 8.83. The molecule has 1 unspecified atom stereocenters. The monoisotopic (exact) mass is 318 g/mol. The summed E-state index contributed by atoms with van der Waals surface area (Å²) in [6, 6.07) is 0. The van der Waals surface area contributed by atoms with Crippen LogP contribution in [0, 0.1) is 6.92 Å². The van der Waals surface area contributed by atoms with Crippen molar-refractivity contribution in [3.63, 3.8) is 0 Å². The summed E-state index contributed by atoms with van der Waals surface area (Å²) in [5, 5.41) is 9.40. The molecule has 1 aromatic rings. The SMILES string of the molecule is Cc1c(C(=O)NCCC2CCCO2)csc1S(N)(=O)=O. The average molecular weight is 318 g/mol. The van der Waals surface area contributed by atoms with Gasteiger partial charge in [0.1, 0.15) is 4.21 Å². The predicted octanol–water partition coefficient (Wildman–Crippen LogP) is 1.00. The van der Waals surface area contributed by atoms with E-state index in [9.17, 15) is 13.2 Å². The van der Waals surface area contributed by atoms with Gasteiger partial charge in [0.2, 0.25) is 10.0 Å².